The number of carbonyl (C=O) groups excluding carboxylic acids is 3. The number of hydrogen-bond donors (Lipinski definition) is 0. The molecular formula is C8H8O6Ti. The first-order valence-corrected chi connectivity index (χ1v) is 6.69. The Morgan fingerprint density at radius 2 is 1.60 bits per heavy atom. The molecule has 7 heteroatoms. The van der Waals surface area contributed by atoms with Gasteiger partial charge in [0, 0.05) is 0 Å². The van der Waals surface area contributed by atoms with E-state index in [4.69, 9.17) is 0 Å². The van der Waals surface area contributed by atoms with E-state index >= 15 is 0 Å². The molecule has 0 saturated heterocycles. The van der Waals surface area contributed by atoms with Gasteiger partial charge in [0.25, 0.3) is 0 Å². The first-order valence-electron chi connectivity index (χ1n) is 3.99. The van der Waals surface area contributed by atoms with E-state index in [9.17, 15) is 14.4 Å². The van der Waals surface area contributed by atoms with Gasteiger partial charge in [0.05, 0.1) is 0 Å². The van der Waals surface area contributed by atoms with Crippen molar-refractivity contribution in [1.29, 1.82) is 0 Å². The molecule has 6 nitrogen and oxygen atoms in total. The van der Waals surface area contributed by atoms with Crippen LogP contribution in [0, 0.1) is 0 Å². The fraction of sp³-hybridized carbons (Fsp3) is 0.125. The third-order valence-corrected chi connectivity index (χ3v) is 5.49. The second-order valence-electron chi connectivity index (χ2n) is 2.52. The van der Waals surface area contributed by atoms with Crippen molar-refractivity contribution in [2.75, 3.05) is 0 Å². The molecule has 0 fully saturated rings. The fourth-order valence-corrected chi connectivity index (χ4v) is 3.78. The molecule has 0 radical (unpaired) electrons. The van der Waals surface area contributed by atoms with Gasteiger partial charge >= 0.3 is 90.0 Å². The summed E-state index contributed by atoms with van der Waals surface area (Å²) in [6, 6.07) is 0. The summed E-state index contributed by atoms with van der Waals surface area (Å²) in [5.74, 6) is 0. The predicted octanol–water partition coefficient (Wildman–Crippen LogP) is 0.248. The molecule has 0 aliphatic heterocycles. The van der Waals surface area contributed by atoms with E-state index in [1.54, 1.807) is 18.2 Å². The maximum atomic E-state index is 10.3. The van der Waals surface area contributed by atoms with Gasteiger partial charge in [-0.05, 0) is 0 Å². The van der Waals surface area contributed by atoms with Crippen molar-refractivity contribution in [2.24, 2.45) is 0 Å². The van der Waals surface area contributed by atoms with E-state index < -0.39 is 17.8 Å². The van der Waals surface area contributed by atoms with E-state index in [1.807, 2.05) is 0 Å². The molecule has 80 valence electrons. The van der Waals surface area contributed by atoms with Crippen LogP contribution in [0.15, 0.2) is 22.1 Å². The van der Waals surface area contributed by atoms with Crippen LogP contribution in [0.25, 0.3) is 0 Å². The van der Waals surface area contributed by atoms with Crippen LogP contribution in [0.4, 0.5) is 0 Å². The van der Waals surface area contributed by atoms with Gasteiger partial charge in [-0.1, -0.05) is 0 Å². The molecule has 0 heterocycles. The molecular weight excluding hydrogens is 240 g/mol. The Morgan fingerprint density at radius 1 is 1.07 bits per heavy atom. The Bertz CT molecular complexity index is 295. The summed E-state index contributed by atoms with van der Waals surface area (Å²) < 4.78 is 14.6. The summed E-state index contributed by atoms with van der Waals surface area (Å²) in [6.07, 6.45) is 5.52. The van der Waals surface area contributed by atoms with Gasteiger partial charge in [-0.3, -0.25) is 0 Å². The van der Waals surface area contributed by atoms with Gasteiger partial charge in [-0.2, -0.15) is 0 Å². The standard InChI is InChI=1S/C5H5.3CH2O2.Ti/c1-2-4-5-3-1;3*2-1-3;/h1-3H,4H2;3*1H,(H,2,3);/q;;;;+3/p-3. The summed E-state index contributed by atoms with van der Waals surface area (Å²) in [5.41, 5.74) is 0. The molecule has 0 atom stereocenters. The minimum absolute atomic E-state index is 0.117. The van der Waals surface area contributed by atoms with Crippen molar-refractivity contribution in [3.05, 3.63) is 22.1 Å². The molecule has 0 spiro atoms. The van der Waals surface area contributed by atoms with Gasteiger partial charge in [0.2, 0.25) is 0 Å². The summed E-state index contributed by atoms with van der Waals surface area (Å²) in [4.78, 5) is 30.9. The van der Waals surface area contributed by atoms with Crippen LogP contribution < -0.4 is 0 Å². The number of carbonyl (C=O) groups is 3. The van der Waals surface area contributed by atoms with Crippen molar-refractivity contribution < 1.29 is 42.1 Å². The molecule has 0 bridgehead atoms. The SMILES string of the molecule is O=C[O][Ti]([O]C=O)([O]C=O)[C]1=CC=CC1. The molecule has 0 aromatic carbocycles. The topological polar surface area (TPSA) is 78.9 Å². The molecule has 0 saturated carbocycles. The molecule has 1 rings (SSSR count). The van der Waals surface area contributed by atoms with E-state index in [-0.39, 0.29) is 19.4 Å². The molecule has 1 aliphatic carbocycles. The second-order valence-corrected chi connectivity index (χ2v) is 6.37. The average molecular weight is 248 g/mol. The summed E-state index contributed by atoms with van der Waals surface area (Å²) >= 11 is -4.23. The van der Waals surface area contributed by atoms with Crippen molar-refractivity contribution in [1.82, 2.24) is 0 Å². The zero-order valence-electron chi connectivity index (χ0n) is 7.62. The van der Waals surface area contributed by atoms with Crippen LogP contribution in [0.1, 0.15) is 6.42 Å². The Hall–Kier alpha value is -1.40. The van der Waals surface area contributed by atoms with Crippen LogP contribution in [-0.2, 0) is 42.1 Å². The minimum atomic E-state index is -4.23. The summed E-state index contributed by atoms with van der Waals surface area (Å²) in [7, 11) is 0. The first kappa shape index (κ1) is 11.7. The predicted molar refractivity (Wildman–Crippen MR) is 43.3 cm³/mol. The first-order chi connectivity index (χ1) is 7.29. The van der Waals surface area contributed by atoms with E-state index in [0.717, 1.165) is 0 Å². The monoisotopic (exact) mass is 248 g/mol. The Balaban J connectivity index is 2.93. The van der Waals surface area contributed by atoms with Crippen molar-refractivity contribution in [3.63, 3.8) is 0 Å². The fourth-order valence-electron chi connectivity index (χ4n) is 1.17. The molecule has 0 N–H and O–H groups in total. The van der Waals surface area contributed by atoms with Crippen molar-refractivity contribution >= 4 is 19.4 Å². The molecule has 0 unspecified atom stereocenters. The van der Waals surface area contributed by atoms with Crippen LogP contribution in [-0.4, -0.2) is 19.4 Å². The van der Waals surface area contributed by atoms with Gasteiger partial charge in [0.1, 0.15) is 0 Å². The number of allylic oxidation sites excluding steroid dienone is 4. The van der Waals surface area contributed by atoms with Gasteiger partial charge in [-0.15, -0.1) is 0 Å². The van der Waals surface area contributed by atoms with E-state index in [2.05, 4.69) is 9.96 Å². The van der Waals surface area contributed by atoms with Gasteiger partial charge < -0.3 is 0 Å². The molecule has 0 amide bonds. The maximum absolute atomic E-state index is 10.3. The average Bonchev–Trinajstić information content (AvgIpc) is 2.72. The summed E-state index contributed by atoms with van der Waals surface area (Å²) in [5, 5.41) is 0. The molecule has 1 aliphatic rings. The number of rotatable bonds is 7. The van der Waals surface area contributed by atoms with Crippen LogP contribution in [0.2, 0.25) is 0 Å². The molecule has 0 aromatic heterocycles. The van der Waals surface area contributed by atoms with E-state index in [1.165, 1.54) is 0 Å². The van der Waals surface area contributed by atoms with Gasteiger partial charge in [0.15, 0.2) is 0 Å². The quantitative estimate of drug-likeness (QED) is 0.474. The Kier molecular flexibility index (Phi) is 4.26. The Morgan fingerprint density at radius 3 is 1.93 bits per heavy atom. The zero-order chi connectivity index (χ0) is 11.1. The third-order valence-electron chi connectivity index (χ3n) is 1.77. The summed E-state index contributed by atoms with van der Waals surface area (Å²) in [6.45, 7) is 0.352. The normalized spacial score (nSPS) is 14.0. The third kappa shape index (κ3) is 2.54. The Labute approximate surface area is 90.3 Å². The van der Waals surface area contributed by atoms with Crippen molar-refractivity contribution in [3.8, 4) is 0 Å². The van der Waals surface area contributed by atoms with Gasteiger partial charge in [-0.25, -0.2) is 0 Å². The van der Waals surface area contributed by atoms with Crippen LogP contribution in [0.5, 0.6) is 0 Å². The van der Waals surface area contributed by atoms with Crippen molar-refractivity contribution in [2.45, 2.75) is 6.42 Å². The molecule has 0 aromatic rings. The van der Waals surface area contributed by atoms with E-state index in [0.29, 0.717) is 10.3 Å². The molecule has 15 heavy (non-hydrogen) atoms. The second kappa shape index (κ2) is 5.48. The zero-order valence-corrected chi connectivity index (χ0v) is 9.18. The number of hydrogen-bond acceptors (Lipinski definition) is 6. The van der Waals surface area contributed by atoms with Crippen LogP contribution >= 0.6 is 0 Å². The van der Waals surface area contributed by atoms with Crippen LogP contribution in [0.3, 0.4) is 0 Å².